The van der Waals surface area contributed by atoms with Gasteiger partial charge in [-0.15, -0.1) is 0 Å². The lowest BCUT2D eigenvalue weighted by Crippen LogP contribution is -2.04. The molecule has 18 heavy (non-hydrogen) atoms. The van der Waals surface area contributed by atoms with Crippen LogP contribution in [0.3, 0.4) is 0 Å². The highest BCUT2D eigenvalue weighted by Crippen LogP contribution is 2.19. The zero-order valence-electron chi connectivity index (χ0n) is 9.70. The van der Waals surface area contributed by atoms with Crippen LogP contribution in [0.2, 0.25) is 5.02 Å². The molecule has 0 aromatic heterocycles. The summed E-state index contributed by atoms with van der Waals surface area (Å²) < 4.78 is 13.6. The van der Waals surface area contributed by atoms with E-state index in [4.69, 9.17) is 11.6 Å². The lowest BCUT2D eigenvalue weighted by molar-refractivity contribution is 0.0979. The first-order valence-corrected chi connectivity index (χ1v) is 6.07. The number of aryl methyl sites for hydroxylation is 1. The molecule has 0 unspecified atom stereocenters. The quantitative estimate of drug-likeness (QED) is 0.751. The molecule has 1 nitrogen and oxygen atoms in total. The fourth-order valence-corrected chi connectivity index (χ4v) is 1.93. The third kappa shape index (κ3) is 2.96. The van der Waals surface area contributed by atoms with E-state index >= 15 is 0 Å². The molecule has 2 aromatic rings. The second-order valence-corrected chi connectivity index (χ2v) is 4.42. The van der Waals surface area contributed by atoms with Crippen molar-refractivity contribution in [3.05, 3.63) is 70.5 Å². The van der Waals surface area contributed by atoms with Gasteiger partial charge in [0.25, 0.3) is 0 Å². The van der Waals surface area contributed by atoms with Crippen molar-refractivity contribution >= 4 is 17.4 Å². The molecule has 0 amide bonds. The molecule has 0 N–H and O–H groups in total. The summed E-state index contributed by atoms with van der Waals surface area (Å²) in [6.07, 6.45) is 0.882. The van der Waals surface area contributed by atoms with Crippen LogP contribution in [0.4, 0.5) is 4.39 Å². The van der Waals surface area contributed by atoms with E-state index in [9.17, 15) is 9.18 Å². The largest absolute Gasteiger partial charge is 0.294 e. The van der Waals surface area contributed by atoms with Gasteiger partial charge >= 0.3 is 0 Å². The number of hydrogen-bond donors (Lipinski definition) is 0. The molecule has 0 radical (unpaired) electrons. The predicted molar refractivity (Wildman–Crippen MR) is 70.5 cm³/mol. The first-order valence-electron chi connectivity index (χ1n) is 5.69. The highest BCUT2D eigenvalue weighted by atomic mass is 35.5. The number of rotatable bonds is 4. The molecule has 0 saturated heterocycles. The molecule has 2 aromatic carbocycles. The van der Waals surface area contributed by atoms with Crippen LogP contribution in [0.5, 0.6) is 0 Å². The summed E-state index contributed by atoms with van der Waals surface area (Å²) in [5.74, 6) is -0.851. The van der Waals surface area contributed by atoms with E-state index in [-0.39, 0.29) is 22.8 Å². The summed E-state index contributed by atoms with van der Waals surface area (Å²) in [7, 11) is 0. The Balaban J connectivity index is 2.07. The lowest BCUT2D eigenvalue weighted by atomic mass is 10.0. The standard InChI is InChI=1S/C15H12ClFO/c16-13-8-4-7-12(15(13)17)14(18)10-9-11-5-2-1-3-6-11/h1-8H,9-10H2. The molecule has 2 rings (SSSR count). The van der Waals surface area contributed by atoms with Gasteiger partial charge < -0.3 is 0 Å². The minimum atomic E-state index is -0.628. The Morgan fingerprint density at radius 1 is 1.06 bits per heavy atom. The normalized spacial score (nSPS) is 10.3. The molecule has 0 heterocycles. The smallest absolute Gasteiger partial charge is 0.166 e. The minimum absolute atomic E-state index is 0.0134. The van der Waals surface area contributed by atoms with Crippen molar-refractivity contribution < 1.29 is 9.18 Å². The van der Waals surface area contributed by atoms with Gasteiger partial charge in [0.2, 0.25) is 0 Å². The number of Topliss-reactive ketones (excluding diaryl/α,β-unsaturated/α-hetero) is 1. The number of carbonyl (C=O) groups is 1. The fourth-order valence-electron chi connectivity index (χ4n) is 1.76. The second kappa shape index (κ2) is 5.78. The average Bonchev–Trinajstić information content (AvgIpc) is 2.40. The van der Waals surface area contributed by atoms with Gasteiger partial charge in [-0.05, 0) is 24.1 Å². The summed E-state index contributed by atoms with van der Waals surface area (Å²) in [5.41, 5.74) is 1.13. The molecule has 0 aliphatic carbocycles. The SMILES string of the molecule is O=C(CCc1ccccc1)c1cccc(Cl)c1F. The molecule has 0 fully saturated rings. The average molecular weight is 263 g/mol. The maximum atomic E-state index is 13.6. The molecule has 0 spiro atoms. The molecule has 0 aliphatic heterocycles. The summed E-state index contributed by atoms with van der Waals surface area (Å²) in [6.45, 7) is 0. The molecule has 0 aliphatic rings. The highest BCUT2D eigenvalue weighted by Gasteiger charge is 2.13. The number of halogens is 2. The van der Waals surface area contributed by atoms with E-state index < -0.39 is 5.82 Å². The monoisotopic (exact) mass is 262 g/mol. The number of hydrogen-bond acceptors (Lipinski definition) is 1. The third-order valence-corrected chi connectivity index (χ3v) is 3.03. The van der Waals surface area contributed by atoms with Gasteiger partial charge in [0.15, 0.2) is 11.6 Å². The lowest BCUT2D eigenvalue weighted by Gasteiger charge is -2.04. The van der Waals surface area contributed by atoms with Gasteiger partial charge in [-0.2, -0.15) is 0 Å². The zero-order chi connectivity index (χ0) is 13.0. The molecule has 92 valence electrons. The van der Waals surface area contributed by atoms with Crippen molar-refractivity contribution in [2.75, 3.05) is 0 Å². The van der Waals surface area contributed by atoms with Gasteiger partial charge in [0.05, 0.1) is 10.6 Å². The van der Waals surface area contributed by atoms with Gasteiger partial charge in [0.1, 0.15) is 0 Å². The molecule has 0 bridgehead atoms. The van der Waals surface area contributed by atoms with E-state index in [1.807, 2.05) is 30.3 Å². The number of ketones is 1. The summed E-state index contributed by atoms with van der Waals surface area (Å²) in [4.78, 5) is 11.9. The van der Waals surface area contributed by atoms with Gasteiger partial charge in [-0.25, -0.2) is 4.39 Å². The van der Waals surface area contributed by atoms with Crippen molar-refractivity contribution in [3.63, 3.8) is 0 Å². The Bertz CT molecular complexity index is 552. The van der Waals surface area contributed by atoms with E-state index in [1.54, 1.807) is 6.07 Å². The first-order chi connectivity index (χ1) is 8.68. The Hall–Kier alpha value is -1.67. The maximum absolute atomic E-state index is 13.6. The van der Waals surface area contributed by atoms with E-state index in [2.05, 4.69) is 0 Å². The highest BCUT2D eigenvalue weighted by molar-refractivity contribution is 6.31. The van der Waals surface area contributed by atoms with Crippen molar-refractivity contribution in [3.8, 4) is 0 Å². The van der Waals surface area contributed by atoms with Crippen molar-refractivity contribution in [1.29, 1.82) is 0 Å². The van der Waals surface area contributed by atoms with Crippen LogP contribution in [0.15, 0.2) is 48.5 Å². The van der Waals surface area contributed by atoms with Gasteiger partial charge in [-0.1, -0.05) is 48.0 Å². The van der Waals surface area contributed by atoms with Crippen LogP contribution >= 0.6 is 11.6 Å². The summed E-state index contributed by atoms with van der Waals surface area (Å²) in [6, 6.07) is 14.1. The number of carbonyl (C=O) groups excluding carboxylic acids is 1. The van der Waals surface area contributed by atoms with Crippen LogP contribution in [-0.4, -0.2) is 5.78 Å². The Kier molecular flexibility index (Phi) is 4.11. The Morgan fingerprint density at radius 2 is 1.78 bits per heavy atom. The Labute approximate surface area is 110 Å². The minimum Gasteiger partial charge on any atom is -0.294 e. The molecule has 3 heteroatoms. The van der Waals surface area contributed by atoms with Gasteiger partial charge in [-0.3, -0.25) is 4.79 Å². The maximum Gasteiger partial charge on any atom is 0.166 e. The van der Waals surface area contributed by atoms with E-state index in [0.29, 0.717) is 6.42 Å². The molecule has 0 atom stereocenters. The first kappa shape index (κ1) is 12.8. The van der Waals surface area contributed by atoms with E-state index in [1.165, 1.54) is 12.1 Å². The van der Waals surface area contributed by atoms with Crippen LogP contribution in [0, 0.1) is 5.82 Å². The number of benzene rings is 2. The van der Waals surface area contributed by atoms with Crippen molar-refractivity contribution in [2.45, 2.75) is 12.8 Å². The molecule has 0 saturated carbocycles. The fraction of sp³-hybridized carbons (Fsp3) is 0.133. The summed E-state index contributed by atoms with van der Waals surface area (Å²) >= 11 is 5.65. The van der Waals surface area contributed by atoms with Crippen LogP contribution < -0.4 is 0 Å². The van der Waals surface area contributed by atoms with E-state index in [0.717, 1.165) is 5.56 Å². The van der Waals surface area contributed by atoms with Crippen molar-refractivity contribution in [1.82, 2.24) is 0 Å². The van der Waals surface area contributed by atoms with Crippen LogP contribution in [-0.2, 0) is 6.42 Å². The molecular weight excluding hydrogens is 251 g/mol. The Morgan fingerprint density at radius 3 is 2.50 bits per heavy atom. The zero-order valence-corrected chi connectivity index (χ0v) is 10.5. The van der Waals surface area contributed by atoms with Gasteiger partial charge in [0, 0.05) is 6.42 Å². The second-order valence-electron chi connectivity index (χ2n) is 4.01. The van der Waals surface area contributed by atoms with Crippen LogP contribution in [0.25, 0.3) is 0 Å². The molecular formula is C15H12ClFO. The third-order valence-electron chi connectivity index (χ3n) is 2.74. The summed E-state index contributed by atoms with van der Waals surface area (Å²) in [5, 5.41) is -0.0134. The topological polar surface area (TPSA) is 17.1 Å². The van der Waals surface area contributed by atoms with Crippen LogP contribution in [0.1, 0.15) is 22.3 Å². The van der Waals surface area contributed by atoms with Crippen molar-refractivity contribution in [2.24, 2.45) is 0 Å². The predicted octanol–water partition coefficient (Wildman–Crippen LogP) is 4.29.